The van der Waals surface area contributed by atoms with Gasteiger partial charge in [0, 0.05) is 40.7 Å². The molecule has 2 aliphatic heterocycles. The van der Waals surface area contributed by atoms with Crippen molar-refractivity contribution in [2.45, 2.75) is 77.3 Å². The highest BCUT2D eigenvalue weighted by Crippen LogP contribution is 2.36. The molecule has 0 unspecified atom stereocenters. The van der Waals surface area contributed by atoms with Crippen molar-refractivity contribution in [1.82, 2.24) is 40.8 Å². The van der Waals surface area contributed by atoms with Gasteiger partial charge >= 0.3 is 0 Å². The van der Waals surface area contributed by atoms with E-state index >= 15 is 0 Å². The molecule has 2 aliphatic rings. The smallest absolute Gasteiger partial charge is 0.127 e. The molecule has 10 nitrogen and oxygen atoms in total. The Kier molecular flexibility index (Phi) is 10.5. The summed E-state index contributed by atoms with van der Waals surface area (Å²) in [7, 11) is 0. The zero-order valence-electron chi connectivity index (χ0n) is 31.1. The van der Waals surface area contributed by atoms with E-state index in [0.29, 0.717) is 28.8 Å². The van der Waals surface area contributed by atoms with Crippen LogP contribution in [0.3, 0.4) is 0 Å². The number of aromatic nitrogens is 6. The molecule has 274 valence electrons. The maximum atomic E-state index is 10.5. The number of fused-ring (bicyclic) bond motifs is 1. The van der Waals surface area contributed by atoms with Gasteiger partial charge in [0.05, 0.1) is 28.5 Å². The van der Waals surface area contributed by atoms with Gasteiger partial charge in [-0.1, -0.05) is 24.3 Å². The first-order valence-electron chi connectivity index (χ1n) is 18.7. The van der Waals surface area contributed by atoms with Crippen LogP contribution in [0.15, 0.2) is 97.3 Å². The van der Waals surface area contributed by atoms with Crippen LogP contribution in [0.4, 0.5) is 0 Å². The van der Waals surface area contributed by atoms with E-state index in [-0.39, 0.29) is 22.6 Å². The molecule has 0 saturated carbocycles. The molecule has 53 heavy (non-hydrogen) atoms. The molecule has 0 bridgehead atoms. The first-order valence-corrected chi connectivity index (χ1v) is 18.7. The van der Waals surface area contributed by atoms with Crippen LogP contribution in [0, 0.1) is 11.8 Å². The lowest BCUT2D eigenvalue weighted by atomic mass is 9.74. The predicted molar refractivity (Wildman–Crippen MR) is 210 cm³/mol. The minimum atomic E-state index is 0.127. The Bertz CT molecular complexity index is 2110. The van der Waals surface area contributed by atoms with Gasteiger partial charge in [-0.3, -0.25) is 0 Å². The van der Waals surface area contributed by atoms with Gasteiger partial charge in [0.25, 0.3) is 0 Å². The average Bonchev–Trinajstić information content (AvgIpc) is 3.67. The molecule has 8 rings (SSSR count). The normalized spacial score (nSPS) is 17.3. The number of phenols is 2. The molecule has 0 atom stereocenters. The minimum Gasteiger partial charge on any atom is -0.507 e. The first kappa shape index (κ1) is 36.2. The van der Waals surface area contributed by atoms with E-state index in [1.807, 2.05) is 79.0 Å². The summed E-state index contributed by atoms with van der Waals surface area (Å²) in [5, 5.41) is 51.8. The summed E-state index contributed by atoms with van der Waals surface area (Å²) in [6.45, 7) is 11.3. The molecule has 2 fully saturated rings. The Morgan fingerprint density at radius 1 is 0.660 bits per heavy atom. The van der Waals surface area contributed by atoms with Crippen molar-refractivity contribution in [2.24, 2.45) is 11.8 Å². The molecule has 2 saturated heterocycles. The fraction of sp³-hybridized carbons (Fsp3) is 0.372. The second-order valence-corrected chi connectivity index (χ2v) is 16.0. The second kappa shape index (κ2) is 15.4. The summed E-state index contributed by atoms with van der Waals surface area (Å²) < 4.78 is 1.71. The van der Waals surface area contributed by atoms with Crippen LogP contribution in [0.1, 0.15) is 64.8 Å². The summed E-state index contributed by atoms with van der Waals surface area (Å²) in [4.78, 5) is 0. The van der Waals surface area contributed by atoms with E-state index in [9.17, 15) is 10.2 Å². The van der Waals surface area contributed by atoms with E-state index in [1.165, 1.54) is 12.8 Å². The van der Waals surface area contributed by atoms with Gasteiger partial charge in [-0.2, -0.15) is 25.5 Å². The number of phenolic OH excluding ortho intramolecular Hbond substituents is 2. The fourth-order valence-corrected chi connectivity index (χ4v) is 8.31. The number of nitrogens with zero attached hydrogens (tertiary/aromatic N) is 6. The number of rotatable bonds is 7. The van der Waals surface area contributed by atoms with E-state index in [2.05, 4.69) is 63.8 Å². The van der Waals surface area contributed by atoms with Crippen molar-refractivity contribution in [1.29, 1.82) is 0 Å². The van der Waals surface area contributed by atoms with Gasteiger partial charge in [-0.05, 0) is 157 Å². The molecular weight excluding hydrogens is 661 g/mol. The Labute approximate surface area is 311 Å². The van der Waals surface area contributed by atoms with Gasteiger partial charge in [0.2, 0.25) is 0 Å². The van der Waals surface area contributed by atoms with Crippen molar-refractivity contribution in [3.05, 3.63) is 109 Å². The molecule has 0 amide bonds. The lowest BCUT2D eigenvalue weighted by molar-refractivity contribution is 0.128. The highest BCUT2D eigenvalue weighted by atomic mass is 16.3. The summed E-state index contributed by atoms with van der Waals surface area (Å²) in [5.74, 6) is 1.68. The Balaban J connectivity index is 0.000000167. The number of hydrogen-bond acceptors (Lipinski definition) is 9. The fourth-order valence-electron chi connectivity index (χ4n) is 8.31. The van der Waals surface area contributed by atoms with E-state index in [0.717, 1.165) is 72.2 Å². The van der Waals surface area contributed by atoms with Crippen molar-refractivity contribution in [3.63, 3.8) is 0 Å². The van der Waals surface area contributed by atoms with E-state index in [1.54, 1.807) is 23.0 Å². The third kappa shape index (κ3) is 9.07. The average molecular weight is 711 g/mol. The van der Waals surface area contributed by atoms with Gasteiger partial charge in [-0.25, -0.2) is 4.68 Å². The predicted octanol–water partition coefficient (Wildman–Crippen LogP) is 7.68. The van der Waals surface area contributed by atoms with Gasteiger partial charge < -0.3 is 20.8 Å². The summed E-state index contributed by atoms with van der Waals surface area (Å²) in [6.07, 6.45) is 10.1. The Morgan fingerprint density at radius 3 is 1.85 bits per heavy atom. The molecule has 3 aromatic heterocycles. The topological polar surface area (TPSA) is 134 Å². The van der Waals surface area contributed by atoms with Crippen molar-refractivity contribution >= 4 is 10.8 Å². The Morgan fingerprint density at radius 2 is 1.26 bits per heavy atom. The monoisotopic (exact) mass is 710 g/mol. The number of nitrogens with one attached hydrogen (secondary N) is 2. The molecule has 4 N–H and O–H groups in total. The van der Waals surface area contributed by atoms with Crippen LogP contribution in [0.25, 0.3) is 39.0 Å². The zero-order valence-corrected chi connectivity index (χ0v) is 31.1. The number of aromatic hydroxyl groups is 2. The molecule has 6 aromatic rings. The van der Waals surface area contributed by atoms with Crippen LogP contribution in [-0.4, -0.2) is 64.6 Å². The van der Waals surface area contributed by atoms with Crippen LogP contribution in [-0.2, 0) is 12.8 Å². The van der Waals surface area contributed by atoms with Crippen LogP contribution >= 0.6 is 0 Å². The highest BCUT2D eigenvalue weighted by Gasteiger charge is 2.37. The largest absolute Gasteiger partial charge is 0.507 e. The Hall–Kier alpha value is -5.19. The maximum absolute atomic E-state index is 10.5. The molecule has 5 heterocycles. The molecule has 10 heteroatoms. The maximum Gasteiger partial charge on any atom is 0.127 e. The molecule has 0 radical (unpaired) electrons. The molecule has 0 spiro atoms. The molecule has 3 aromatic carbocycles. The van der Waals surface area contributed by atoms with Crippen LogP contribution < -0.4 is 10.6 Å². The third-order valence-electron chi connectivity index (χ3n) is 10.3. The first-order chi connectivity index (χ1) is 25.5. The van der Waals surface area contributed by atoms with E-state index < -0.39 is 0 Å². The van der Waals surface area contributed by atoms with Gasteiger partial charge in [-0.15, -0.1) is 0 Å². The summed E-state index contributed by atoms with van der Waals surface area (Å²) in [6, 6.07) is 27.1. The zero-order chi connectivity index (χ0) is 37.0. The third-order valence-corrected chi connectivity index (χ3v) is 10.3. The summed E-state index contributed by atoms with van der Waals surface area (Å²) >= 11 is 0. The van der Waals surface area contributed by atoms with Crippen LogP contribution in [0.5, 0.6) is 11.5 Å². The second-order valence-electron chi connectivity index (χ2n) is 16.0. The number of piperidine rings is 2. The molecule has 0 aliphatic carbocycles. The molecular formula is C43H50N8O2. The lowest BCUT2D eigenvalue weighted by Gasteiger charge is -2.46. The van der Waals surface area contributed by atoms with E-state index in [4.69, 9.17) is 0 Å². The minimum absolute atomic E-state index is 0.127. The van der Waals surface area contributed by atoms with Gasteiger partial charge in [0.1, 0.15) is 11.5 Å². The highest BCUT2D eigenvalue weighted by molar-refractivity contribution is 5.89. The van der Waals surface area contributed by atoms with Crippen molar-refractivity contribution < 1.29 is 10.2 Å². The van der Waals surface area contributed by atoms with Crippen molar-refractivity contribution in [2.75, 3.05) is 13.1 Å². The van der Waals surface area contributed by atoms with Crippen LogP contribution in [0.2, 0.25) is 0 Å². The van der Waals surface area contributed by atoms with Crippen molar-refractivity contribution in [3.8, 4) is 39.7 Å². The summed E-state index contributed by atoms with van der Waals surface area (Å²) in [5.41, 5.74) is 5.88. The lowest BCUT2D eigenvalue weighted by Crippen LogP contribution is -2.58. The quantitative estimate of drug-likeness (QED) is 0.132. The SMILES string of the molecule is CC1(C)CC(Cc2ccc(-c3ccc(-n4cccn4)cc3O)nn2)CC(C)(C)N1.Oc1cc2ccccc2cc1-c1ccc(CC2CCNCC2)nn1. The number of benzene rings is 3. The number of hydrogen-bond donors (Lipinski definition) is 4. The standard InChI is InChI=1S/C23H29N5O.C20H21N3O/c1-22(2)14-16(15-23(3,4)27-22)12-17-6-9-20(26-25-17)19-8-7-18(13-21(19)29)28-11-5-10-24-28;24-20-13-16-4-2-1-3-15(16)12-18(20)19-6-5-17(22-23-19)11-14-7-9-21-10-8-14/h5-11,13,16,27,29H,12,14-15H2,1-4H3;1-6,12-14,21,24H,7-11H2. The van der Waals surface area contributed by atoms with Gasteiger partial charge in [0.15, 0.2) is 0 Å².